The highest BCUT2D eigenvalue weighted by Crippen LogP contribution is 2.38. The Morgan fingerprint density at radius 3 is 2.14 bits per heavy atom. The second-order valence-electron chi connectivity index (χ2n) is 5.96. The van der Waals surface area contributed by atoms with Gasteiger partial charge < -0.3 is 28.4 Å². The maximum atomic E-state index is 12.3. The fraction of sp³-hybridized carbons (Fsp3) is 0.350. The van der Waals surface area contributed by atoms with E-state index in [1.54, 1.807) is 12.1 Å². The van der Waals surface area contributed by atoms with Crippen LogP contribution >= 0.6 is 15.9 Å². The summed E-state index contributed by atoms with van der Waals surface area (Å²) in [7, 11) is 4.58. The second kappa shape index (κ2) is 9.05. The topological polar surface area (TPSA) is 72.5 Å². The van der Waals surface area contributed by atoms with Crippen molar-refractivity contribution >= 4 is 21.9 Å². The van der Waals surface area contributed by atoms with Gasteiger partial charge >= 0.3 is 5.97 Å². The molecular formula is C20H21BrO7. The molecule has 0 bridgehead atoms. The van der Waals surface area contributed by atoms with Gasteiger partial charge in [0.15, 0.2) is 23.0 Å². The van der Waals surface area contributed by atoms with Gasteiger partial charge in [0.1, 0.15) is 19.8 Å². The number of carbonyl (C=O) groups is 1. The SMILES string of the molecule is COc1cc(CC(=O)OCc2cc3c(cc2Br)OCCO3)cc(OC)c1OC. The average Bonchev–Trinajstić information content (AvgIpc) is 2.71. The fourth-order valence-corrected chi connectivity index (χ4v) is 3.27. The molecular weight excluding hydrogens is 432 g/mol. The zero-order chi connectivity index (χ0) is 20.1. The smallest absolute Gasteiger partial charge is 0.310 e. The minimum Gasteiger partial charge on any atom is -0.493 e. The molecule has 1 aliphatic rings. The lowest BCUT2D eigenvalue weighted by atomic mass is 10.1. The molecule has 8 heteroatoms. The summed E-state index contributed by atoms with van der Waals surface area (Å²) in [5, 5.41) is 0. The molecule has 28 heavy (non-hydrogen) atoms. The number of carbonyl (C=O) groups excluding carboxylic acids is 1. The van der Waals surface area contributed by atoms with Gasteiger partial charge in [0.2, 0.25) is 5.75 Å². The largest absolute Gasteiger partial charge is 0.493 e. The molecule has 2 aromatic rings. The lowest BCUT2D eigenvalue weighted by molar-refractivity contribution is -0.144. The van der Waals surface area contributed by atoms with E-state index in [2.05, 4.69) is 15.9 Å². The standard InChI is InChI=1S/C20H21BrO7/c1-23-17-6-12(7-18(24-2)20(17)25-3)8-19(22)28-11-13-9-15-16(10-14(13)21)27-5-4-26-15/h6-7,9-10H,4-5,8,11H2,1-3H3. The van der Waals surface area contributed by atoms with Gasteiger partial charge in [-0.2, -0.15) is 0 Å². The summed E-state index contributed by atoms with van der Waals surface area (Å²) in [4.78, 5) is 12.3. The van der Waals surface area contributed by atoms with Crippen molar-refractivity contribution in [2.75, 3.05) is 34.5 Å². The molecule has 0 fully saturated rings. The molecule has 3 rings (SSSR count). The van der Waals surface area contributed by atoms with E-state index < -0.39 is 0 Å². The highest BCUT2D eigenvalue weighted by atomic mass is 79.9. The summed E-state index contributed by atoms with van der Waals surface area (Å²) in [5.41, 5.74) is 1.49. The molecule has 0 saturated heterocycles. The molecule has 0 amide bonds. The molecule has 2 aromatic carbocycles. The zero-order valence-electron chi connectivity index (χ0n) is 15.9. The van der Waals surface area contributed by atoms with Crippen LogP contribution in [-0.4, -0.2) is 40.5 Å². The van der Waals surface area contributed by atoms with Gasteiger partial charge in [0.25, 0.3) is 0 Å². The molecule has 1 aliphatic heterocycles. The van der Waals surface area contributed by atoms with E-state index in [-0.39, 0.29) is 19.0 Å². The van der Waals surface area contributed by atoms with Crippen LogP contribution in [0.4, 0.5) is 0 Å². The molecule has 0 N–H and O–H groups in total. The molecule has 0 unspecified atom stereocenters. The maximum absolute atomic E-state index is 12.3. The van der Waals surface area contributed by atoms with Crippen LogP contribution in [0.5, 0.6) is 28.7 Å². The van der Waals surface area contributed by atoms with Gasteiger partial charge in [0, 0.05) is 10.0 Å². The van der Waals surface area contributed by atoms with Gasteiger partial charge in [-0.3, -0.25) is 4.79 Å². The van der Waals surface area contributed by atoms with E-state index in [9.17, 15) is 4.79 Å². The Kier molecular flexibility index (Phi) is 6.51. The number of esters is 1. The first kappa shape index (κ1) is 20.1. The van der Waals surface area contributed by atoms with E-state index in [4.69, 9.17) is 28.4 Å². The average molecular weight is 453 g/mol. The van der Waals surface area contributed by atoms with Crippen molar-refractivity contribution in [1.82, 2.24) is 0 Å². The number of methoxy groups -OCH3 is 3. The molecule has 0 radical (unpaired) electrons. The Bertz CT molecular complexity index is 841. The molecule has 0 spiro atoms. The van der Waals surface area contributed by atoms with Crippen LogP contribution in [0.2, 0.25) is 0 Å². The van der Waals surface area contributed by atoms with E-state index in [1.165, 1.54) is 21.3 Å². The van der Waals surface area contributed by atoms with E-state index in [0.29, 0.717) is 47.5 Å². The summed E-state index contributed by atoms with van der Waals surface area (Å²) in [5.74, 6) is 2.38. The third kappa shape index (κ3) is 4.44. The van der Waals surface area contributed by atoms with Crippen molar-refractivity contribution in [3.63, 3.8) is 0 Å². The Balaban J connectivity index is 1.68. The first-order chi connectivity index (χ1) is 13.5. The van der Waals surface area contributed by atoms with Crippen molar-refractivity contribution in [1.29, 1.82) is 0 Å². The highest BCUT2D eigenvalue weighted by Gasteiger charge is 2.18. The molecule has 0 saturated carbocycles. The molecule has 1 heterocycles. The third-order valence-electron chi connectivity index (χ3n) is 4.17. The van der Waals surface area contributed by atoms with Crippen LogP contribution in [-0.2, 0) is 22.6 Å². The predicted octanol–water partition coefficient (Wildman–Crippen LogP) is 3.53. The van der Waals surface area contributed by atoms with Crippen LogP contribution in [0.25, 0.3) is 0 Å². The Morgan fingerprint density at radius 2 is 1.57 bits per heavy atom. The number of ether oxygens (including phenoxy) is 6. The third-order valence-corrected chi connectivity index (χ3v) is 4.91. The first-order valence-electron chi connectivity index (χ1n) is 8.58. The second-order valence-corrected chi connectivity index (χ2v) is 6.81. The Hall–Kier alpha value is -2.61. The monoisotopic (exact) mass is 452 g/mol. The van der Waals surface area contributed by atoms with Crippen molar-refractivity contribution in [2.24, 2.45) is 0 Å². The Morgan fingerprint density at radius 1 is 0.964 bits per heavy atom. The van der Waals surface area contributed by atoms with Crippen molar-refractivity contribution in [2.45, 2.75) is 13.0 Å². The number of fused-ring (bicyclic) bond motifs is 1. The summed E-state index contributed by atoms with van der Waals surface area (Å²) in [6, 6.07) is 7.08. The molecule has 7 nitrogen and oxygen atoms in total. The van der Waals surface area contributed by atoms with E-state index in [0.717, 1.165) is 10.0 Å². The number of halogens is 1. The highest BCUT2D eigenvalue weighted by molar-refractivity contribution is 9.10. The normalized spacial score (nSPS) is 12.3. The minimum absolute atomic E-state index is 0.0683. The predicted molar refractivity (Wildman–Crippen MR) is 105 cm³/mol. The maximum Gasteiger partial charge on any atom is 0.310 e. The number of hydrogen-bond donors (Lipinski definition) is 0. The number of rotatable bonds is 7. The van der Waals surface area contributed by atoms with Crippen LogP contribution in [0.3, 0.4) is 0 Å². The summed E-state index contributed by atoms with van der Waals surface area (Å²) in [6.07, 6.45) is 0.0683. The van der Waals surface area contributed by atoms with Crippen LogP contribution < -0.4 is 23.7 Å². The van der Waals surface area contributed by atoms with Gasteiger partial charge in [-0.1, -0.05) is 15.9 Å². The van der Waals surface area contributed by atoms with Crippen LogP contribution in [0.15, 0.2) is 28.7 Å². The minimum atomic E-state index is -0.379. The van der Waals surface area contributed by atoms with Gasteiger partial charge in [0.05, 0.1) is 27.8 Å². The van der Waals surface area contributed by atoms with Crippen molar-refractivity contribution < 1.29 is 33.2 Å². The lowest BCUT2D eigenvalue weighted by Crippen LogP contribution is -2.16. The fourth-order valence-electron chi connectivity index (χ4n) is 2.83. The lowest BCUT2D eigenvalue weighted by Gasteiger charge is -2.20. The summed E-state index contributed by atoms with van der Waals surface area (Å²) < 4.78 is 33.2. The molecule has 0 atom stereocenters. The number of benzene rings is 2. The molecule has 0 aliphatic carbocycles. The Labute approximate surface area is 171 Å². The van der Waals surface area contributed by atoms with Crippen molar-refractivity contribution in [3.8, 4) is 28.7 Å². The summed E-state index contributed by atoms with van der Waals surface area (Å²) in [6.45, 7) is 1.12. The van der Waals surface area contributed by atoms with Crippen LogP contribution in [0, 0.1) is 0 Å². The van der Waals surface area contributed by atoms with E-state index in [1.807, 2.05) is 12.1 Å². The molecule has 0 aromatic heterocycles. The van der Waals surface area contributed by atoms with Gasteiger partial charge in [-0.15, -0.1) is 0 Å². The summed E-state index contributed by atoms with van der Waals surface area (Å²) >= 11 is 3.47. The van der Waals surface area contributed by atoms with E-state index >= 15 is 0 Å². The van der Waals surface area contributed by atoms with Crippen molar-refractivity contribution in [3.05, 3.63) is 39.9 Å². The van der Waals surface area contributed by atoms with Gasteiger partial charge in [-0.05, 0) is 29.8 Å². The van der Waals surface area contributed by atoms with Crippen LogP contribution in [0.1, 0.15) is 11.1 Å². The number of hydrogen-bond acceptors (Lipinski definition) is 7. The first-order valence-corrected chi connectivity index (χ1v) is 9.37. The van der Waals surface area contributed by atoms with Gasteiger partial charge in [-0.25, -0.2) is 0 Å². The quantitative estimate of drug-likeness (QED) is 0.594. The zero-order valence-corrected chi connectivity index (χ0v) is 17.5. The molecule has 150 valence electrons.